The van der Waals surface area contributed by atoms with E-state index in [0.29, 0.717) is 17.1 Å². The van der Waals surface area contributed by atoms with Crippen LogP contribution in [0, 0.1) is 6.92 Å². The van der Waals surface area contributed by atoms with Gasteiger partial charge in [-0.15, -0.1) is 12.4 Å². The molecule has 1 aromatic carbocycles. The first-order valence-corrected chi connectivity index (χ1v) is 4.04. The maximum Gasteiger partial charge on any atom is 0.142 e. The number of anilines is 2. The summed E-state index contributed by atoms with van der Waals surface area (Å²) in [5.74, 6) is 0.570. The molecule has 0 aliphatic carbocycles. The quantitative estimate of drug-likeness (QED) is 0.660. The molecule has 0 heterocycles. The van der Waals surface area contributed by atoms with Gasteiger partial charge in [-0.2, -0.15) is 0 Å². The molecule has 0 saturated carbocycles. The van der Waals surface area contributed by atoms with Crippen molar-refractivity contribution in [1.29, 1.82) is 0 Å². The van der Waals surface area contributed by atoms with E-state index in [-0.39, 0.29) is 25.6 Å². The van der Waals surface area contributed by atoms with Crippen LogP contribution >= 0.6 is 12.4 Å². The van der Waals surface area contributed by atoms with Crippen LogP contribution in [0.4, 0.5) is 11.4 Å². The Morgan fingerprint density at radius 3 is 2.50 bits per heavy atom. The van der Waals surface area contributed by atoms with Crippen molar-refractivity contribution in [3.63, 3.8) is 0 Å². The van der Waals surface area contributed by atoms with Crippen LogP contribution in [0.1, 0.15) is 5.56 Å². The van der Waals surface area contributed by atoms with E-state index in [1.54, 1.807) is 12.1 Å². The van der Waals surface area contributed by atoms with Gasteiger partial charge in [0.25, 0.3) is 0 Å². The highest BCUT2D eigenvalue weighted by Crippen LogP contribution is 2.26. The normalized spacial score (nSPS) is 9.29. The highest BCUT2D eigenvalue weighted by atomic mass is 35.5. The van der Waals surface area contributed by atoms with E-state index in [1.165, 1.54) is 0 Å². The zero-order chi connectivity index (χ0) is 9.84. The van der Waals surface area contributed by atoms with Gasteiger partial charge in [-0.25, -0.2) is 0 Å². The second-order valence-electron chi connectivity index (χ2n) is 2.82. The van der Waals surface area contributed by atoms with Gasteiger partial charge in [0.1, 0.15) is 12.4 Å². The minimum Gasteiger partial charge on any atom is -0.489 e. The van der Waals surface area contributed by atoms with Crippen LogP contribution in [-0.4, -0.2) is 18.3 Å². The molecule has 0 atom stereocenters. The Hall–Kier alpha value is -1.13. The van der Waals surface area contributed by atoms with Crippen molar-refractivity contribution in [3.05, 3.63) is 17.7 Å². The molecule has 5 heteroatoms. The fourth-order valence-corrected chi connectivity index (χ4v) is 0.996. The molecule has 80 valence electrons. The summed E-state index contributed by atoms with van der Waals surface area (Å²) >= 11 is 0. The van der Waals surface area contributed by atoms with Crippen molar-refractivity contribution in [2.45, 2.75) is 6.92 Å². The molecule has 0 unspecified atom stereocenters. The maximum absolute atomic E-state index is 8.55. The summed E-state index contributed by atoms with van der Waals surface area (Å²) in [6.07, 6.45) is 0. The third kappa shape index (κ3) is 2.97. The molecule has 0 aliphatic heterocycles. The summed E-state index contributed by atoms with van der Waals surface area (Å²) in [4.78, 5) is 0. The summed E-state index contributed by atoms with van der Waals surface area (Å²) in [6, 6.07) is 3.42. The third-order valence-electron chi connectivity index (χ3n) is 1.75. The fraction of sp³-hybridized carbons (Fsp3) is 0.333. The lowest BCUT2D eigenvalue weighted by molar-refractivity contribution is 0.202. The lowest BCUT2D eigenvalue weighted by Gasteiger charge is -2.09. The average molecular weight is 219 g/mol. The predicted molar refractivity (Wildman–Crippen MR) is 59.8 cm³/mol. The highest BCUT2D eigenvalue weighted by molar-refractivity contribution is 5.85. The van der Waals surface area contributed by atoms with E-state index in [9.17, 15) is 0 Å². The Kier molecular flexibility index (Phi) is 5.12. The van der Waals surface area contributed by atoms with Gasteiger partial charge in [0, 0.05) is 5.69 Å². The Labute approximate surface area is 89.3 Å². The molecule has 0 fully saturated rings. The van der Waals surface area contributed by atoms with Crippen molar-refractivity contribution in [3.8, 4) is 5.75 Å². The van der Waals surface area contributed by atoms with E-state index >= 15 is 0 Å². The SMILES string of the molecule is Cc1cc(OCCO)c(N)cc1N.Cl. The Balaban J connectivity index is 0.00000169. The number of aliphatic hydroxyl groups excluding tert-OH is 1. The largest absolute Gasteiger partial charge is 0.489 e. The van der Waals surface area contributed by atoms with Crippen molar-refractivity contribution in [1.82, 2.24) is 0 Å². The fourth-order valence-electron chi connectivity index (χ4n) is 0.996. The van der Waals surface area contributed by atoms with Gasteiger partial charge in [0.15, 0.2) is 0 Å². The van der Waals surface area contributed by atoms with Gasteiger partial charge < -0.3 is 21.3 Å². The van der Waals surface area contributed by atoms with Gasteiger partial charge in [-0.1, -0.05) is 0 Å². The number of ether oxygens (including phenoxy) is 1. The molecule has 5 N–H and O–H groups in total. The van der Waals surface area contributed by atoms with Crippen molar-refractivity contribution in [2.75, 3.05) is 24.7 Å². The zero-order valence-corrected chi connectivity index (χ0v) is 8.80. The van der Waals surface area contributed by atoms with Crippen LogP contribution in [-0.2, 0) is 0 Å². The third-order valence-corrected chi connectivity index (χ3v) is 1.75. The number of aryl methyl sites for hydroxylation is 1. The summed E-state index contributed by atoms with van der Waals surface area (Å²) in [5, 5.41) is 8.55. The van der Waals surface area contributed by atoms with Gasteiger partial charge in [0.05, 0.1) is 12.3 Å². The monoisotopic (exact) mass is 218 g/mol. The molecule has 0 radical (unpaired) electrons. The summed E-state index contributed by atoms with van der Waals surface area (Å²) in [5.41, 5.74) is 13.3. The van der Waals surface area contributed by atoms with E-state index < -0.39 is 0 Å². The minimum absolute atomic E-state index is 0. The molecule has 0 saturated heterocycles. The number of halogens is 1. The highest BCUT2D eigenvalue weighted by Gasteiger charge is 2.03. The molecule has 1 aromatic rings. The minimum atomic E-state index is -0.0249. The predicted octanol–water partition coefficient (Wildman–Crippen LogP) is 0.952. The molecule has 4 nitrogen and oxygen atoms in total. The Morgan fingerprint density at radius 1 is 1.29 bits per heavy atom. The molecule has 0 bridgehead atoms. The summed E-state index contributed by atoms with van der Waals surface area (Å²) in [7, 11) is 0. The first-order chi connectivity index (χ1) is 6.15. The van der Waals surface area contributed by atoms with Crippen LogP contribution in [0.25, 0.3) is 0 Å². The van der Waals surface area contributed by atoms with Crippen LogP contribution in [0.3, 0.4) is 0 Å². The van der Waals surface area contributed by atoms with Crippen molar-refractivity contribution >= 4 is 23.8 Å². The number of hydrogen-bond donors (Lipinski definition) is 3. The van der Waals surface area contributed by atoms with E-state index in [1.807, 2.05) is 6.92 Å². The van der Waals surface area contributed by atoms with Crippen LogP contribution < -0.4 is 16.2 Å². The average Bonchev–Trinajstić information content (AvgIpc) is 2.09. The first kappa shape index (κ1) is 12.9. The smallest absolute Gasteiger partial charge is 0.142 e. The molecule has 0 aliphatic rings. The molecular formula is C9H15ClN2O2. The van der Waals surface area contributed by atoms with E-state index in [0.717, 1.165) is 5.56 Å². The van der Waals surface area contributed by atoms with Gasteiger partial charge >= 0.3 is 0 Å². The number of aliphatic hydroxyl groups is 1. The lowest BCUT2D eigenvalue weighted by atomic mass is 10.2. The molecule has 0 aromatic heterocycles. The standard InChI is InChI=1S/C9H14N2O2.ClH/c1-6-4-9(13-3-2-12)8(11)5-7(6)10;/h4-5,12H,2-3,10-11H2,1H3;1H. The zero-order valence-electron chi connectivity index (χ0n) is 7.99. The topological polar surface area (TPSA) is 81.5 Å². The molecular weight excluding hydrogens is 204 g/mol. The maximum atomic E-state index is 8.55. The number of benzene rings is 1. The van der Waals surface area contributed by atoms with Gasteiger partial charge in [-0.3, -0.25) is 0 Å². The lowest BCUT2D eigenvalue weighted by Crippen LogP contribution is -2.05. The van der Waals surface area contributed by atoms with Crippen LogP contribution in [0.15, 0.2) is 12.1 Å². The Morgan fingerprint density at radius 2 is 1.93 bits per heavy atom. The molecule has 1 rings (SSSR count). The number of rotatable bonds is 3. The van der Waals surface area contributed by atoms with Gasteiger partial charge in [-0.05, 0) is 24.6 Å². The molecule has 0 spiro atoms. The Bertz CT molecular complexity index is 305. The van der Waals surface area contributed by atoms with Crippen molar-refractivity contribution < 1.29 is 9.84 Å². The molecule has 0 amide bonds. The number of hydrogen-bond acceptors (Lipinski definition) is 4. The summed E-state index contributed by atoms with van der Waals surface area (Å²) in [6.45, 7) is 2.09. The molecule has 14 heavy (non-hydrogen) atoms. The van der Waals surface area contributed by atoms with Gasteiger partial charge in [0.2, 0.25) is 0 Å². The first-order valence-electron chi connectivity index (χ1n) is 4.04. The van der Waals surface area contributed by atoms with E-state index in [2.05, 4.69) is 0 Å². The van der Waals surface area contributed by atoms with E-state index in [4.69, 9.17) is 21.3 Å². The van der Waals surface area contributed by atoms with Crippen molar-refractivity contribution in [2.24, 2.45) is 0 Å². The second kappa shape index (κ2) is 5.57. The second-order valence-corrected chi connectivity index (χ2v) is 2.82. The van der Waals surface area contributed by atoms with Crippen LogP contribution in [0.5, 0.6) is 5.75 Å². The number of nitrogen functional groups attached to an aromatic ring is 2. The number of nitrogens with two attached hydrogens (primary N) is 2. The summed E-state index contributed by atoms with van der Waals surface area (Å²) < 4.78 is 5.19. The van der Waals surface area contributed by atoms with Crippen LogP contribution in [0.2, 0.25) is 0 Å².